The second kappa shape index (κ2) is 9.09. The van der Waals surface area contributed by atoms with Crippen molar-refractivity contribution < 1.29 is 0 Å². The number of aromatic nitrogens is 2. The number of piperidine rings is 1. The first-order valence-electron chi connectivity index (χ1n) is 10.4. The first-order chi connectivity index (χ1) is 14.2. The van der Waals surface area contributed by atoms with Crippen LogP contribution in [-0.2, 0) is 13.1 Å². The predicted octanol–water partition coefficient (Wildman–Crippen LogP) is 2.97. The molecule has 6 heteroatoms. The van der Waals surface area contributed by atoms with Crippen molar-refractivity contribution in [3.8, 4) is 0 Å². The number of nitrogens with zero attached hydrogens (tertiary/aromatic N) is 4. The lowest BCUT2D eigenvalue weighted by molar-refractivity contribution is 0.198. The standard InChI is InChI=1S/C23H30N6/c1-18-7-6-10-22-26-21(17-29(18)22)15-25-23(24-2)27-20-11-13-28(14-12-20)16-19-8-4-3-5-9-19/h3-10,17,20H,11-16H2,1-2H3,(H2,24,25,27). The molecule has 0 saturated carbocycles. The molecule has 1 aliphatic heterocycles. The summed E-state index contributed by atoms with van der Waals surface area (Å²) in [6, 6.07) is 17.3. The van der Waals surface area contributed by atoms with E-state index in [1.54, 1.807) is 0 Å². The van der Waals surface area contributed by atoms with Crippen molar-refractivity contribution >= 4 is 11.6 Å². The molecular formula is C23H30N6. The average Bonchev–Trinajstić information content (AvgIpc) is 3.18. The predicted molar refractivity (Wildman–Crippen MR) is 118 cm³/mol. The van der Waals surface area contributed by atoms with Crippen LogP contribution in [0.3, 0.4) is 0 Å². The highest BCUT2D eigenvalue weighted by Gasteiger charge is 2.20. The SMILES string of the molecule is CN=C(NCc1cn2c(C)cccc2n1)NC1CCN(Cc2ccccc2)CC1. The third-order valence-electron chi connectivity index (χ3n) is 5.58. The number of aryl methyl sites for hydroxylation is 1. The Morgan fingerprint density at radius 1 is 1.10 bits per heavy atom. The van der Waals surface area contributed by atoms with E-state index in [4.69, 9.17) is 0 Å². The summed E-state index contributed by atoms with van der Waals surface area (Å²) in [6.45, 7) is 6.00. The number of rotatable bonds is 5. The Balaban J connectivity index is 1.26. The van der Waals surface area contributed by atoms with Crippen molar-refractivity contribution in [2.75, 3.05) is 20.1 Å². The lowest BCUT2D eigenvalue weighted by atomic mass is 10.0. The van der Waals surface area contributed by atoms with Gasteiger partial charge in [0, 0.05) is 44.6 Å². The van der Waals surface area contributed by atoms with Crippen molar-refractivity contribution in [1.82, 2.24) is 24.9 Å². The minimum absolute atomic E-state index is 0.455. The lowest BCUT2D eigenvalue weighted by Crippen LogP contribution is -2.48. The Hall–Kier alpha value is -2.86. The van der Waals surface area contributed by atoms with Crippen LogP contribution in [0.25, 0.3) is 5.65 Å². The van der Waals surface area contributed by atoms with Crippen LogP contribution >= 0.6 is 0 Å². The molecule has 0 atom stereocenters. The molecule has 0 unspecified atom stereocenters. The highest BCUT2D eigenvalue weighted by atomic mass is 15.2. The summed E-state index contributed by atoms with van der Waals surface area (Å²) in [7, 11) is 1.83. The van der Waals surface area contributed by atoms with Gasteiger partial charge in [-0.15, -0.1) is 0 Å². The van der Waals surface area contributed by atoms with Crippen LogP contribution in [0.15, 0.2) is 59.7 Å². The molecule has 3 aromatic rings. The van der Waals surface area contributed by atoms with Crippen LogP contribution < -0.4 is 10.6 Å². The van der Waals surface area contributed by atoms with Crippen LogP contribution in [0.2, 0.25) is 0 Å². The molecular weight excluding hydrogens is 360 g/mol. The molecule has 3 heterocycles. The van der Waals surface area contributed by atoms with Gasteiger partial charge in [0.2, 0.25) is 0 Å². The van der Waals surface area contributed by atoms with Gasteiger partial charge < -0.3 is 15.0 Å². The van der Waals surface area contributed by atoms with Crippen molar-refractivity contribution in [3.05, 3.63) is 71.7 Å². The van der Waals surface area contributed by atoms with Crippen molar-refractivity contribution in [1.29, 1.82) is 0 Å². The fourth-order valence-electron chi connectivity index (χ4n) is 3.92. The molecule has 29 heavy (non-hydrogen) atoms. The Morgan fingerprint density at radius 2 is 1.90 bits per heavy atom. The van der Waals surface area contributed by atoms with Crippen LogP contribution in [0.1, 0.15) is 29.8 Å². The van der Waals surface area contributed by atoms with Gasteiger partial charge in [-0.25, -0.2) is 4.98 Å². The number of hydrogen-bond donors (Lipinski definition) is 2. The van der Waals surface area contributed by atoms with Gasteiger partial charge in [0.25, 0.3) is 0 Å². The van der Waals surface area contributed by atoms with Gasteiger partial charge in [-0.05, 0) is 37.5 Å². The molecule has 0 radical (unpaired) electrons. The molecule has 1 aromatic carbocycles. The van der Waals surface area contributed by atoms with Gasteiger partial charge >= 0.3 is 0 Å². The van der Waals surface area contributed by atoms with Gasteiger partial charge in [-0.2, -0.15) is 0 Å². The maximum Gasteiger partial charge on any atom is 0.191 e. The summed E-state index contributed by atoms with van der Waals surface area (Å²) in [5.74, 6) is 0.847. The number of guanidine groups is 1. The summed E-state index contributed by atoms with van der Waals surface area (Å²) in [4.78, 5) is 11.6. The molecule has 1 saturated heterocycles. The second-order valence-corrected chi connectivity index (χ2v) is 7.73. The number of pyridine rings is 1. The Morgan fingerprint density at radius 3 is 2.62 bits per heavy atom. The van der Waals surface area contributed by atoms with Gasteiger partial charge in [-0.3, -0.25) is 9.89 Å². The monoisotopic (exact) mass is 390 g/mol. The number of imidazole rings is 1. The normalized spacial score (nSPS) is 16.3. The van der Waals surface area contributed by atoms with Crippen LogP contribution in [0.4, 0.5) is 0 Å². The summed E-state index contributed by atoms with van der Waals surface area (Å²) in [6.07, 6.45) is 4.34. The van der Waals surface area contributed by atoms with Crippen molar-refractivity contribution in [2.24, 2.45) is 4.99 Å². The zero-order valence-electron chi connectivity index (χ0n) is 17.3. The number of aliphatic imine (C=N–C) groups is 1. The zero-order valence-corrected chi connectivity index (χ0v) is 17.3. The third-order valence-corrected chi connectivity index (χ3v) is 5.58. The quantitative estimate of drug-likeness (QED) is 0.519. The molecule has 0 bridgehead atoms. The van der Waals surface area contributed by atoms with E-state index in [1.807, 2.05) is 19.2 Å². The van der Waals surface area contributed by atoms with Gasteiger partial charge in [0.15, 0.2) is 5.96 Å². The summed E-state index contributed by atoms with van der Waals surface area (Å²) in [5, 5.41) is 7.00. The topological polar surface area (TPSA) is 57.0 Å². The van der Waals surface area contributed by atoms with Crippen LogP contribution in [-0.4, -0.2) is 46.4 Å². The highest BCUT2D eigenvalue weighted by Crippen LogP contribution is 2.14. The molecule has 152 valence electrons. The first kappa shape index (κ1) is 19.5. The van der Waals surface area contributed by atoms with Gasteiger partial charge in [0.05, 0.1) is 12.2 Å². The average molecular weight is 391 g/mol. The minimum atomic E-state index is 0.455. The maximum absolute atomic E-state index is 4.69. The van der Waals surface area contributed by atoms with E-state index in [2.05, 4.69) is 79.4 Å². The van der Waals surface area contributed by atoms with Gasteiger partial charge in [0.1, 0.15) is 5.65 Å². The molecule has 1 aliphatic rings. The third kappa shape index (κ3) is 4.95. The summed E-state index contributed by atoms with van der Waals surface area (Å²) < 4.78 is 2.12. The molecule has 0 aliphatic carbocycles. The second-order valence-electron chi connectivity index (χ2n) is 7.73. The molecule has 0 amide bonds. The van der Waals surface area contributed by atoms with Crippen molar-refractivity contribution in [3.63, 3.8) is 0 Å². The Kier molecular flexibility index (Phi) is 6.10. The number of likely N-dealkylation sites (tertiary alicyclic amines) is 1. The fraction of sp³-hybridized carbons (Fsp3) is 0.391. The number of fused-ring (bicyclic) bond motifs is 1. The highest BCUT2D eigenvalue weighted by molar-refractivity contribution is 5.79. The largest absolute Gasteiger partial charge is 0.354 e. The molecule has 0 spiro atoms. The lowest BCUT2D eigenvalue weighted by Gasteiger charge is -2.33. The van der Waals surface area contributed by atoms with E-state index in [1.165, 1.54) is 11.3 Å². The van der Waals surface area contributed by atoms with E-state index in [9.17, 15) is 0 Å². The van der Waals surface area contributed by atoms with Crippen LogP contribution in [0.5, 0.6) is 0 Å². The number of hydrogen-bond acceptors (Lipinski definition) is 3. The maximum atomic E-state index is 4.69. The molecule has 1 fully saturated rings. The smallest absolute Gasteiger partial charge is 0.191 e. The number of nitrogens with one attached hydrogen (secondary N) is 2. The molecule has 4 rings (SSSR count). The Bertz CT molecular complexity index is 954. The zero-order chi connectivity index (χ0) is 20.1. The summed E-state index contributed by atoms with van der Waals surface area (Å²) >= 11 is 0. The minimum Gasteiger partial charge on any atom is -0.354 e. The molecule has 2 aromatic heterocycles. The first-order valence-corrected chi connectivity index (χ1v) is 10.4. The van der Waals surface area contributed by atoms with Crippen molar-refractivity contribution in [2.45, 2.75) is 38.9 Å². The van der Waals surface area contributed by atoms with E-state index in [-0.39, 0.29) is 0 Å². The van der Waals surface area contributed by atoms with E-state index in [0.29, 0.717) is 12.6 Å². The molecule has 2 N–H and O–H groups in total. The van der Waals surface area contributed by atoms with E-state index >= 15 is 0 Å². The summed E-state index contributed by atoms with van der Waals surface area (Å²) in [5.41, 5.74) is 4.57. The molecule has 6 nitrogen and oxygen atoms in total. The fourth-order valence-corrected chi connectivity index (χ4v) is 3.92. The number of benzene rings is 1. The van der Waals surface area contributed by atoms with E-state index in [0.717, 1.165) is 49.8 Å². The van der Waals surface area contributed by atoms with Crippen LogP contribution in [0, 0.1) is 6.92 Å². The Labute approximate surface area is 172 Å². The van der Waals surface area contributed by atoms with E-state index < -0.39 is 0 Å². The van der Waals surface area contributed by atoms with Gasteiger partial charge in [-0.1, -0.05) is 36.4 Å².